The predicted octanol–water partition coefficient (Wildman–Crippen LogP) is 4.10. The van der Waals surface area contributed by atoms with Crippen LogP contribution >= 0.6 is 11.6 Å². The predicted molar refractivity (Wildman–Crippen MR) is 124 cm³/mol. The van der Waals surface area contributed by atoms with Crippen LogP contribution in [0, 0.1) is 27.7 Å². The van der Waals surface area contributed by atoms with Gasteiger partial charge in [0.25, 0.3) is 11.6 Å². The summed E-state index contributed by atoms with van der Waals surface area (Å²) in [6.07, 6.45) is 0.808. The van der Waals surface area contributed by atoms with Crippen LogP contribution in [0.3, 0.4) is 0 Å². The van der Waals surface area contributed by atoms with Crippen molar-refractivity contribution in [3.63, 3.8) is 0 Å². The van der Waals surface area contributed by atoms with Crippen LogP contribution in [0.15, 0.2) is 36.4 Å². The van der Waals surface area contributed by atoms with Crippen molar-refractivity contribution in [1.82, 2.24) is 24.1 Å². The highest BCUT2D eigenvalue weighted by atomic mass is 35.5. The molecular formula is C24H24ClN5O3. The lowest BCUT2D eigenvalue weighted by Crippen LogP contribution is -2.16. The normalized spacial score (nSPS) is 11.2. The molecule has 33 heavy (non-hydrogen) atoms. The topological polar surface area (TPSA) is 91.4 Å². The third-order valence-corrected chi connectivity index (χ3v) is 5.80. The van der Waals surface area contributed by atoms with E-state index in [1.807, 2.05) is 64.1 Å². The van der Waals surface area contributed by atoms with Gasteiger partial charge < -0.3 is 9.30 Å². The number of fused-ring (bicyclic) bond motifs is 1. The number of halogens is 1. The second kappa shape index (κ2) is 9.15. The highest BCUT2D eigenvalue weighted by Gasteiger charge is 2.21. The molecule has 0 fully saturated rings. The van der Waals surface area contributed by atoms with Crippen molar-refractivity contribution in [3.8, 4) is 0 Å². The van der Waals surface area contributed by atoms with Gasteiger partial charge in [0.05, 0.1) is 0 Å². The number of hydrogen-bond acceptors (Lipinski definition) is 6. The number of benzene rings is 1. The maximum absolute atomic E-state index is 12.8. The lowest BCUT2D eigenvalue weighted by Gasteiger charge is -2.10. The number of rotatable bonds is 7. The van der Waals surface area contributed by atoms with Gasteiger partial charge in [0.1, 0.15) is 0 Å². The summed E-state index contributed by atoms with van der Waals surface area (Å²) in [5, 5.41) is 4.85. The summed E-state index contributed by atoms with van der Waals surface area (Å²) in [5.74, 6) is -0.849. The van der Waals surface area contributed by atoms with Gasteiger partial charge in [-0.3, -0.25) is 4.79 Å². The van der Waals surface area contributed by atoms with Gasteiger partial charge in [0.2, 0.25) is 5.78 Å². The van der Waals surface area contributed by atoms with E-state index in [1.54, 1.807) is 0 Å². The minimum Gasteiger partial charge on any atom is -0.451 e. The molecule has 0 bridgehead atoms. The molecule has 4 rings (SSSR count). The summed E-state index contributed by atoms with van der Waals surface area (Å²) in [6.45, 7) is 7.87. The minimum absolute atomic E-state index is 0.127. The Morgan fingerprint density at radius 2 is 1.73 bits per heavy atom. The van der Waals surface area contributed by atoms with Gasteiger partial charge in [-0.05, 0) is 63.9 Å². The number of esters is 1. The monoisotopic (exact) mass is 465 g/mol. The Morgan fingerprint density at radius 1 is 1.00 bits per heavy atom. The van der Waals surface area contributed by atoms with Gasteiger partial charge in [0.15, 0.2) is 6.61 Å². The van der Waals surface area contributed by atoms with Gasteiger partial charge >= 0.3 is 5.97 Å². The third kappa shape index (κ3) is 4.80. The molecule has 4 aromatic rings. The van der Waals surface area contributed by atoms with E-state index >= 15 is 0 Å². The Morgan fingerprint density at radius 3 is 2.45 bits per heavy atom. The number of carbonyl (C=O) groups excluding carboxylic acids is 2. The summed E-state index contributed by atoms with van der Waals surface area (Å²) < 4.78 is 8.77. The van der Waals surface area contributed by atoms with Crippen molar-refractivity contribution < 1.29 is 14.3 Å². The third-order valence-electron chi connectivity index (χ3n) is 5.55. The van der Waals surface area contributed by atoms with Crippen LogP contribution in [0.1, 0.15) is 49.3 Å². The van der Waals surface area contributed by atoms with Gasteiger partial charge in [-0.2, -0.15) is 4.98 Å². The second-order valence-electron chi connectivity index (χ2n) is 8.00. The summed E-state index contributed by atoms with van der Waals surface area (Å²) in [5.41, 5.74) is 5.07. The fraction of sp³-hybridized carbons (Fsp3) is 0.292. The Balaban J connectivity index is 1.42. The van der Waals surface area contributed by atoms with Gasteiger partial charge in [-0.1, -0.05) is 23.7 Å². The van der Waals surface area contributed by atoms with Crippen LogP contribution in [0.4, 0.5) is 0 Å². The van der Waals surface area contributed by atoms with Crippen molar-refractivity contribution in [2.45, 2.75) is 40.7 Å². The van der Waals surface area contributed by atoms with Crippen LogP contribution in [0.25, 0.3) is 5.78 Å². The average Bonchev–Trinajstić information content (AvgIpc) is 3.32. The Kier molecular flexibility index (Phi) is 6.29. The van der Waals surface area contributed by atoms with E-state index in [-0.39, 0.29) is 18.2 Å². The van der Waals surface area contributed by atoms with Crippen LogP contribution in [-0.2, 0) is 17.7 Å². The first-order valence-electron chi connectivity index (χ1n) is 10.6. The second-order valence-corrected chi connectivity index (χ2v) is 8.43. The summed E-state index contributed by atoms with van der Waals surface area (Å²) >= 11 is 5.95. The van der Waals surface area contributed by atoms with Gasteiger partial charge in [-0.15, -0.1) is 5.10 Å². The molecule has 0 radical (unpaired) electrons. The summed E-state index contributed by atoms with van der Waals surface area (Å²) in [6, 6.07) is 11.4. The Bertz CT molecular complexity index is 1350. The zero-order valence-corrected chi connectivity index (χ0v) is 19.7. The van der Waals surface area contributed by atoms with E-state index < -0.39 is 5.97 Å². The minimum atomic E-state index is -0.762. The molecule has 0 atom stereocenters. The maximum atomic E-state index is 12.8. The number of carbonyl (C=O) groups is 2. The molecule has 0 aliphatic heterocycles. The maximum Gasteiger partial charge on any atom is 0.378 e. The van der Waals surface area contributed by atoms with Crippen molar-refractivity contribution in [3.05, 3.63) is 81.1 Å². The number of ketones is 1. The molecule has 170 valence electrons. The number of aryl methyl sites for hydroxylation is 4. The van der Waals surface area contributed by atoms with E-state index in [0.717, 1.165) is 41.3 Å². The zero-order chi connectivity index (χ0) is 23.7. The molecule has 0 aliphatic carbocycles. The lowest BCUT2D eigenvalue weighted by molar-refractivity contribution is 0.0462. The van der Waals surface area contributed by atoms with Crippen LogP contribution in [0.2, 0.25) is 5.02 Å². The van der Waals surface area contributed by atoms with Gasteiger partial charge in [-0.25, -0.2) is 14.3 Å². The molecule has 3 heterocycles. The number of aromatic nitrogens is 5. The van der Waals surface area contributed by atoms with Crippen molar-refractivity contribution in [2.24, 2.45) is 0 Å². The highest BCUT2D eigenvalue weighted by molar-refractivity contribution is 6.30. The summed E-state index contributed by atoms with van der Waals surface area (Å²) in [7, 11) is 0. The number of ether oxygens (including phenoxy) is 1. The first-order valence-corrected chi connectivity index (χ1v) is 10.9. The molecule has 0 spiro atoms. The fourth-order valence-electron chi connectivity index (χ4n) is 3.85. The van der Waals surface area contributed by atoms with E-state index in [9.17, 15) is 9.59 Å². The number of nitrogens with zero attached hydrogens (tertiary/aromatic N) is 5. The lowest BCUT2D eigenvalue weighted by atomic mass is 10.1. The quantitative estimate of drug-likeness (QED) is 0.301. The highest BCUT2D eigenvalue weighted by Crippen LogP contribution is 2.18. The zero-order valence-electron chi connectivity index (χ0n) is 18.9. The molecule has 0 aliphatic rings. The Labute approximate surface area is 196 Å². The molecule has 0 saturated carbocycles. The smallest absolute Gasteiger partial charge is 0.378 e. The fourth-order valence-corrected chi connectivity index (χ4v) is 3.97. The number of hydrogen-bond donors (Lipinski definition) is 0. The van der Waals surface area contributed by atoms with E-state index in [0.29, 0.717) is 16.4 Å². The molecule has 8 nitrogen and oxygen atoms in total. The Hall–Kier alpha value is -3.52. The largest absolute Gasteiger partial charge is 0.451 e. The van der Waals surface area contributed by atoms with Crippen LogP contribution < -0.4 is 0 Å². The molecule has 0 N–H and O–H groups in total. The first kappa shape index (κ1) is 22.7. The SMILES string of the molecule is Cc1cc(C)n2nc(C(=O)OCC(=O)c3cc(C)n(CCc4ccc(Cl)cc4)c3C)nc2n1. The van der Waals surface area contributed by atoms with Gasteiger partial charge in [0, 0.05) is 39.9 Å². The van der Waals surface area contributed by atoms with Crippen molar-refractivity contribution in [1.29, 1.82) is 0 Å². The molecule has 9 heteroatoms. The van der Waals surface area contributed by atoms with Crippen LogP contribution in [-0.4, -0.2) is 42.5 Å². The molecule has 0 unspecified atom stereocenters. The molecule has 3 aromatic heterocycles. The average molecular weight is 466 g/mol. The van der Waals surface area contributed by atoms with E-state index in [2.05, 4.69) is 19.6 Å². The summed E-state index contributed by atoms with van der Waals surface area (Å²) in [4.78, 5) is 33.6. The standard InChI is InChI=1S/C24H24ClN5O3/c1-14-11-16(3)30-24(26-14)27-22(28-30)23(32)33-13-21(31)20-12-15(2)29(17(20)4)10-9-18-5-7-19(25)8-6-18/h5-8,11-12H,9-10,13H2,1-4H3. The van der Waals surface area contributed by atoms with Crippen molar-refractivity contribution >= 4 is 29.1 Å². The first-order chi connectivity index (χ1) is 15.7. The molecule has 0 amide bonds. The van der Waals surface area contributed by atoms with Crippen molar-refractivity contribution in [2.75, 3.05) is 6.61 Å². The van der Waals surface area contributed by atoms with E-state index in [4.69, 9.17) is 16.3 Å². The molecule has 0 saturated heterocycles. The molecule has 1 aromatic carbocycles. The van der Waals surface area contributed by atoms with Crippen LogP contribution in [0.5, 0.6) is 0 Å². The molecular weight excluding hydrogens is 442 g/mol. The number of Topliss-reactive ketones (excluding diaryl/α,β-unsaturated/α-hetero) is 1. The van der Waals surface area contributed by atoms with E-state index in [1.165, 1.54) is 4.52 Å².